The summed E-state index contributed by atoms with van der Waals surface area (Å²) < 4.78 is 0. The topological polar surface area (TPSA) is 80.9 Å². The number of hydrogen-bond donors (Lipinski definition) is 2. The third-order valence-electron chi connectivity index (χ3n) is 2.00. The zero-order valence-corrected chi connectivity index (χ0v) is 10.5. The van der Waals surface area contributed by atoms with Gasteiger partial charge in [-0.15, -0.1) is 0 Å². The molecule has 0 spiro atoms. The van der Waals surface area contributed by atoms with Crippen LogP contribution in [0.3, 0.4) is 0 Å². The molecule has 0 aliphatic carbocycles. The third kappa shape index (κ3) is 2.72. The van der Waals surface area contributed by atoms with E-state index >= 15 is 0 Å². The molecule has 0 aliphatic rings. The van der Waals surface area contributed by atoms with E-state index in [-0.39, 0.29) is 5.91 Å². The number of nitrogen functional groups attached to an aromatic ring is 1. The molecule has 0 saturated heterocycles. The SMILES string of the molecule is Cc1nc(N)sc1C(=O)Nc1ccc(Cl)nc1. The second kappa shape index (κ2) is 4.68. The normalized spacial score (nSPS) is 10.2. The molecular weight excluding hydrogens is 260 g/mol. The molecule has 2 aromatic rings. The van der Waals surface area contributed by atoms with Gasteiger partial charge in [-0.3, -0.25) is 4.79 Å². The van der Waals surface area contributed by atoms with Crippen LogP contribution in [-0.2, 0) is 0 Å². The summed E-state index contributed by atoms with van der Waals surface area (Å²) >= 11 is 6.80. The molecule has 17 heavy (non-hydrogen) atoms. The predicted molar refractivity (Wildman–Crippen MR) is 68.5 cm³/mol. The first-order valence-corrected chi connectivity index (χ1v) is 5.91. The lowest BCUT2D eigenvalue weighted by Crippen LogP contribution is -2.11. The van der Waals surface area contributed by atoms with E-state index in [2.05, 4.69) is 15.3 Å². The number of hydrogen-bond acceptors (Lipinski definition) is 5. The number of nitrogens with zero attached hydrogens (tertiary/aromatic N) is 2. The van der Waals surface area contributed by atoms with Crippen LogP contribution in [0.5, 0.6) is 0 Å². The summed E-state index contributed by atoms with van der Waals surface area (Å²) in [6.07, 6.45) is 1.49. The van der Waals surface area contributed by atoms with Crippen molar-refractivity contribution in [3.8, 4) is 0 Å². The van der Waals surface area contributed by atoms with Crippen LogP contribution in [0.4, 0.5) is 10.8 Å². The highest BCUT2D eigenvalue weighted by Crippen LogP contribution is 2.21. The number of nitrogens with one attached hydrogen (secondary N) is 1. The number of thiazole rings is 1. The molecule has 0 aliphatic heterocycles. The number of anilines is 2. The molecule has 7 heteroatoms. The molecule has 1 amide bonds. The van der Waals surface area contributed by atoms with Crippen molar-refractivity contribution in [1.29, 1.82) is 0 Å². The summed E-state index contributed by atoms with van der Waals surface area (Å²) in [5, 5.41) is 3.45. The first-order valence-electron chi connectivity index (χ1n) is 4.72. The van der Waals surface area contributed by atoms with E-state index in [0.717, 1.165) is 11.3 Å². The van der Waals surface area contributed by atoms with Gasteiger partial charge in [0.25, 0.3) is 5.91 Å². The Morgan fingerprint density at radius 2 is 2.29 bits per heavy atom. The van der Waals surface area contributed by atoms with Crippen LogP contribution in [0.1, 0.15) is 15.4 Å². The zero-order valence-electron chi connectivity index (χ0n) is 8.90. The van der Waals surface area contributed by atoms with Crippen LogP contribution in [0.15, 0.2) is 18.3 Å². The maximum atomic E-state index is 11.9. The summed E-state index contributed by atoms with van der Waals surface area (Å²) in [5.41, 5.74) is 6.72. The molecule has 0 fully saturated rings. The standard InChI is InChI=1S/C10H9ClN4OS/c1-5-8(17-10(12)14-5)9(16)15-6-2-3-7(11)13-4-6/h2-4H,1H3,(H2,12,14)(H,15,16). The minimum Gasteiger partial charge on any atom is -0.375 e. The smallest absolute Gasteiger partial charge is 0.267 e. The monoisotopic (exact) mass is 268 g/mol. The molecule has 2 aromatic heterocycles. The molecule has 2 heterocycles. The largest absolute Gasteiger partial charge is 0.375 e. The van der Waals surface area contributed by atoms with Crippen LogP contribution in [0.2, 0.25) is 5.15 Å². The first-order chi connectivity index (χ1) is 8.06. The number of carbonyl (C=O) groups is 1. The van der Waals surface area contributed by atoms with Gasteiger partial charge in [0.1, 0.15) is 10.0 Å². The number of halogens is 1. The van der Waals surface area contributed by atoms with Gasteiger partial charge in [-0.05, 0) is 19.1 Å². The molecule has 0 radical (unpaired) electrons. The molecule has 88 valence electrons. The fourth-order valence-electron chi connectivity index (χ4n) is 1.27. The molecule has 0 unspecified atom stereocenters. The predicted octanol–water partition coefficient (Wildman–Crippen LogP) is 2.33. The Morgan fingerprint density at radius 1 is 1.53 bits per heavy atom. The lowest BCUT2D eigenvalue weighted by molar-refractivity contribution is 0.103. The number of aromatic nitrogens is 2. The summed E-state index contributed by atoms with van der Waals surface area (Å²) in [7, 11) is 0. The average molecular weight is 269 g/mol. The second-order valence-electron chi connectivity index (χ2n) is 3.29. The molecule has 0 aromatic carbocycles. The summed E-state index contributed by atoms with van der Waals surface area (Å²) in [4.78, 5) is 20.2. The molecule has 0 atom stereocenters. The summed E-state index contributed by atoms with van der Waals surface area (Å²) in [5.74, 6) is -0.249. The van der Waals surface area contributed by atoms with Gasteiger partial charge >= 0.3 is 0 Å². The maximum absolute atomic E-state index is 11.9. The van der Waals surface area contributed by atoms with Crippen molar-refractivity contribution in [2.45, 2.75) is 6.92 Å². The molecule has 5 nitrogen and oxygen atoms in total. The van der Waals surface area contributed by atoms with Gasteiger partial charge in [0.2, 0.25) is 0 Å². The molecule has 0 saturated carbocycles. The summed E-state index contributed by atoms with van der Waals surface area (Å²) in [6, 6.07) is 3.28. The van der Waals surface area contributed by atoms with Crippen LogP contribution in [0, 0.1) is 6.92 Å². The van der Waals surface area contributed by atoms with E-state index in [1.165, 1.54) is 6.20 Å². The Hall–Kier alpha value is -1.66. The lowest BCUT2D eigenvalue weighted by Gasteiger charge is -2.02. The number of nitrogens with two attached hydrogens (primary N) is 1. The van der Waals surface area contributed by atoms with Crippen molar-refractivity contribution in [1.82, 2.24) is 9.97 Å². The Balaban J connectivity index is 2.17. The fourth-order valence-corrected chi connectivity index (χ4v) is 2.11. The lowest BCUT2D eigenvalue weighted by atomic mass is 10.3. The van der Waals surface area contributed by atoms with Crippen LogP contribution in [-0.4, -0.2) is 15.9 Å². The highest BCUT2D eigenvalue weighted by Gasteiger charge is 2.14. The maximum Gasteiger partial charge on any atom is 0.267 e. The second-order valence-corrected chi connectivity index (χ2v) is 4.71. The fraction of sp³-hybridized carbons (Fsp3) is 0.100. The van der Waals surface area contributed by atoms with E-state index in [0.29, 0.717) is 26.5 Å². The third-order valence-corrected chi connectivity index (χ3v) is 3.21. The molecule has 2 rings (SSSR count). The minimum atomic E-state index is -0.249. The number of amides is 1. The first kappa shape index (κ1) is 11.8. The highest BCUT2D eigenvalue weighted by atomic mass is 35.5. The number of aryl methyl sites for hydroxylation is 1. The minimum absolute atomic E-state index is 0.249. The average Bonchev–Trinajstić information content (AvgIpc) is 2.61. The van der Waals surface area contributed by atoms with E-state index in [9.17, 15) is 4.79 Å². The number of rotatable bonds is 2. The summed E-state index contributed by atoms with van der Waals surface area (Å²) in [6.45, 7) is 1.74. The Bertz CT molecular complexity index is 552. The van der Waals surface area contributed by atoms with Gasteiger partial charge < -0.3 is 11.1 Å². The van der Waals surface area contributed by atoms with Gasteiger partial charge in [0, 0.05) is 0 Å². The van der Waals surface area contributed by atoms with Crippen LogP contribution >= 0.6 is 22.9 Å². The Labute approximate surface area is 107 Å². The van der Waals surface area contributed by atoms with E-state index < -0.39 is 0 Å². The van der Waals surface area contributed by atoms with Crippen molar-refractivity contribution in [2.75, 3.05) is 11.1 Å². The quantitative estimate of drug-likeness (QED) is 0.819. The molecule has 0 bridgehead atoms. The molecular formula is C10H9ClN4OS. The zero-order chi connectivity index (χ0) is 12.4. The van der Waals surface area contributed by atoms with E-state index in [1.807, 2.05) is 0 Å². The Kier molecular flexibility index (Phi) is 3.26. The van der Waals surface area contributed by atoms with Gasteiger partial charge in [-0.1, -0.05) is 22.9 Å². The van der Waals surface area contributed by atoms with Gasteiger partial charge in [0.05, 0.1) is 17.6 Å². The van der Waals surface area contributed by atoms with Crippen molar-refractivity contribution in [2.24, 2.45) is 0 Å². The number of pyridine rings is 1. The van der Waals surface area contributed by atoms with E-state index in [4.69, 9.17) is 17.3 Å². The van der Waals surface area contributed by atoms with Gasteiger partial charge in [-0.25, -0.2) is 9.97 Å². The highest BCUT2D eigenvalue weighted by molar-refractivity contribution is 7.17. The van der Waals surface area contributed by atoms with Gasteiger partial charge in [0.15, 0.2) is 5.13 Å². The van der Waals surface area contributed by atoms with Crippen molar-refractivity contribution < 1.29 is 4.79 Å². The van der Waals surface area contributed by atoms with Gasteiger partial charge in [-0.2, -0.15) is 0 Å². The Morgan fingerprint density at radius 3 is 2.82 bits per heavy atom. The van der Waals surface area contributed by atoms with Crippen molar-refractivity contribution in [3.63, 3.8) is 0 Å². The molecule has 3 N–H and O–H groups in total. The van der Waals surface area contributed by atoms with Crippen LogP contribution < -0.4 is 11.1 Å². The number of carbonyl (C=O) groups excluding carboxylic acids is 1. The van der Waals surface area contributed by atoms with Crippen molar-refractivity contribution >= 4 is 39.7 Å². The van der Waals surface area contributed by atoms with E-state index in [1.54, 1.807) is 19.1 Å². The van der Waals surface area contributed by atoms with Crippen molar-refractivity contribution in [3.05, 3.63) is 34.1 Å². The van der Waals surface area contributed by atoms with Crippen LogP contribution in [0.25, 0.3) is 0 Å².